The molecule has 0 saturated carbocycles. The summed E-state index contributed by atoms with van der Waals surface area (Å²) in [5.41, 5.74) is 0. The quantitative estimate of drug-likeness (QED) is 0.638. The zero-order valence-electron chi connectivity index (χ0n) is 5.72. The van der Waals surface area contributed by atoms with Crippen molar-refractivity contribution < 1.29 is 23.1 Å². The summed E-state index contributed by atoms with van der Waals surface area (Å²) in [5, 5.41) is 7.97. The molecule has 1 atom stereocenters. The summed E-state index contributed by atoms with van der Waals surface area (Å²) in [5.74, 6) is -3.08. The first-order chi connectivity index (χ1) is 4.84. The molecule has 0 spiro atoms. The van der Waals surface area contributed by atoms with Crippen LogP contribution in [0.4, 0.5) is 13.2 Å². The van der Waals surface area contributed by atoms with E-state index >= 15 is 0 Å². The molecule has 0 heterocycles. The van der Waals surface area contributed by atoms with E-state index in [9.17, 15) is 18.0 Å². The van der Waals surface area contributed by atoms with E-state index in [-0.39, 0.29) is 0 Å². The highest BCUT2D eigenvalue weighted by Crippen LogP contribution is 2.26. The van der Waals surface area contributed by atoms with Crippen molar-refractivity contribution in [1.29, 1.82) is 0 Å². The third-order valence-corrected chi connectivity index (χ3v) is 1.04. The average molecular weight is 168 g/mol. The van der Waals surface area contributed by atoms with Gasteiger partial charge in [0.1, 0.15) is 0 Å². The summed E-state index contributed by atoms with van der Waals surface area (Å²) in [6.45, 7) is 0.888. The van der Waals surface area contributed by atoms with E-state index in [1.807, 2.05) is 0 Å². The van der Waals surface area contributed by atoms with Crippen LogP contribution in [0.1, 0.15) is 6.92 Å². The summed E-state index contributed by atoms with van der Waals surface area (Å²) in [6, 6.07) is 0. The molecule has 0 fully saturated rings. The third kappa shape index (κ3) is 4.41. The second-order valence-electron chi connectivity index (χ2n) is 2.03. The first kappa shape index (κ1) is 10.0. The van der Waals surface area contributed by atoms with Gasteiger partial charge in [0.15, 0.2) is 0 Å². The SMILES string of the molecule is CC(C=CC(=O)O)C(F)(F)F. The van der Waals surface area contributed by atoms with Gasteiger partial charge in [-0.15, -0.1) is 0 Å². The number of carboxylic acid groups (broad SMARTS) is 1. The molecule has 0 amide bonds. The van der Waals surface area contributed by atoms with Gasteiger partial charge in [-0.05, 0) is 0 Å². The van der Waals surface area contributed by atoms with Crippen molar-refractivity contribution in [2.75, 3.05) is 0 Å². The maximum absolute atomic E-state index is 11.7. The normalized spacial score (nSPS) is 15.3. The van der Waals surface area contributed by atoms with Crippen LogP contribution in [-0.4, -0.2) is 17.3 Å². The zero-order chi connectivity index (χ0) is 9.07. The van der Waals surface area contributed by atoms with Crippen LogP contribution in [0.15, 0.2) is 12.2 Å². The smallest absolute Gasteiger partial charge is 0.394 e. The predicted molar refractivity (Wildman–Crippen MR) is 32.0 cm³/mol. The molecular weight excluding hydrogens is 161 g/mol. The van der Waals surface area contributed by atoms with Gasteiger partial charge in [0.2, 0.25) is 0 Å². The fourth-order valence-corrected chi connectivity index (χ4v) is 0.336. The minimum absolute atomic E-state index is 0.484. The molecule has 0 aliphatic heterocycles. The molecule has 0 aromatic rings. The Kier molecular flexibility index (Phi) is 3.10. The maximum atomic E-state index is 11.7. The third-order valence-electron chi connectivity index (χ3n) is 1.04. The minimum atomic E-state index is -4.36. The van der Waals surface area contributed by atoms with E-state index in [4.69, 9.17) is 5.11 Å². The molecule has 0 rings (SSSR count). The highest BCUT2D eigenvalue weighted by molar-refractivity contribution is 5.79. The Morgan fingerprint density at radius 1 is 1.55 bits per heavy atom. The average Bonchev–Trinajstić information content (AvgIpc) is 1.80. The van der Waals surface area contributed by atoms with Crippen LogP contribution >= 0.6 is 0 Å². The Morgan fingerprint density at radius 3 is 2.27 bits per heavy atom. The van der Waals surface area contributed by atoms with Gasteiger partial charge in [0.25, 0.3) is 0 Å². The summed E-state index contributed by atoms with van der Waals surface area (Å²) >= 11 is 0. The van der Waals surface area contributed by atoms with E-state index in [1.54, 1.807) is 0 Å². The molecule has 1 unspecified atom stereocenters. The number of rotatable bonds is 2. The number of carboxylic acids is 1. The Morgan fingerprint density at radius 2 is 2.00 bits per heavy atom. The lowest BCUT2D eigenvalue weighted by Crippen LogP contribution is -2.17. The number of hydrogen-bond acceptors (Lipinski definition) is 1. The van der Waals surface area contributed by atoms with Crippen molar-refractivity contribution in [3.63, 3.8) is 0 Å². The summed E-state index contributed by atoms with van der Waals surface area (Å²) in [6.07, 6.45) is -3.27. The van der Waals surface area contributed by atoms with Gasteiger partial charge in [0, 0.05) is 6.08 Å². The first-order valence-electron chi connectivity index (χ1n) is 2.82. The van der Waals surface area contributed by atoms with Gasteiger partial charge in [0.05, 0.1) is 5.92 Å². The number of halogens is 3. The molecule has 5 heteroatoms. The molecule has 0 bridgehead atoms. The van der Waals surface area contributed by atoms with Crippen molar-refractivity contribution in [2.24, 2.45) is 5.92 Å². The zero-order valence-corrected chi connectivity index (χ0v) is 5.72. The van der Waals surface area contributed by atoms with Gasteiger partial charge in [-0.2, -0.15) is 13.2 Å². The fourth-order valence-electron chi connectivity index (χ4n) is 0.336. The van der Waals surface area contributed by atoms with Crippen molar-refractivity contribution in [1.82, 2.24) is 0 Å². The van der Waals surface area contributed by atoms with E-state index < -0.39 is 18.1 Å². The molecule has 0 aromatic heterocycles. The Balaban J connectivity index is 4.07. The number of allylic oxidation sites excluding steroid dienone is 1. The van der Waals surface area contributed by atoms with E-state index in [0.717, 1.165) is 6.92 Å². The monoisotopic (exact) mass is 168 g/mol. The van der Waals surface area contributed by atoms with Crippen molar-refractivity contribution in [2.45, 2.75) is 13.1 Å². The van der Waals surface area contributed by atoms with Crippen LogP contribution in [0, 0.1) is 5.92 Å². The molecule has 0 aliphatic rings. The Labute approximate surface area is 61.3 Å². The van der Waals surface area contributed by atoms with Crippen LogP contribution in [-0.2, 0) is 4.79 Å². The molecule has 0 radical (unpaired) electrons. The fraction of sp³-hybridized carbons (Fsp3) is 0.500. The molecule has 2 nitrogen and oxygen atoms in total. The van der Waals surface area contributed by atoms with Gasteiger partial charge in [-0.3, -0.25) is 0 Å². The Bertz CT molecular complexity index is 171. The van der Waals surface area contributed by atoms with Crippen LogP contribution in [0.3, 0.4) is 0 Å². The topological polar surface area (TPSA) is 37.3 Å². The molecule has 0 aliphatic carbocycles. The molecule has 64 valence electrons. The lowest BCUT2D eigenvalue weighted by atomic mass is 10.1. The van der Waals surface area contributed by atoms with Crippen LogP contribution < -0.4 is 0 Å². The lowest BCUT2D eigenvalue weighted by Gasteiger charge is -2.09. The van der Waals surface area contributed by atoms with E-state index in [0.29, 0.717) is 12.2 Å². The minimum Gasteiger partial charge on any atom is -0.478 e. The predicted octanol–water partition coefficient (Wildman–Crippen LogP) is 1.83. The van der Waals surface area contributed by atoms with Gasteiger partial charge >= 0.3 is 12.1 Å². The van der Waals surface area contributed by atoms with Gasteiger partial charge < -0.3 is 5.11 Å². The summed E-state index contributed by atoms with van der Waals surface area (Å²) < 4.78 is 35.0. The van der Waals surface area contributed by atoms with Crippen LogP contribution in [0.2, 0.25) is 0 Å². The van der Waals surface area contributed by atoms with E-state index in [2.05, 4.69) is 0 Å². The highest BCUT2D eigenvalue weighted by atomic mass is 19.4. The van der Waals surface area contributed by atoms with Crippen LogP contribution in [0.5, 0.6) is 0 Å². The molecular formula is C6H7F3O2. The standard InChI is InChI=1S/C6H7F3O2/c1-4(6(7,8)9)2-3-5(10)11/h2-4H,1H3,(H,10,11). The number of carbonyl (C=O) groups is 1. The first-order valence-corrected chi connectivity index (χ1v) is 2.82. The largest absolute Gasteiger partial charge is 0.478 e. The number of alkyl halides is 3. The molecule has 1 N–H and O–H groups in total. The van der Waals surface area contributed by atoms with Crippen LogP contribution in [0.25, 0.3) is 0 Å². The van der Waals surface area contributed by atoms with E-state index in [1.165, 1.54) is 0 Å². The second-order valence-corrected chi connectivity index (χ2v) is 2.03. The Hall–Kier alpha value is -1.00. The maximum Gasteiger partial charge on any atom is 0.394 e. The van der Waals surface area contributed by atoms with Crippen molar-refractivity contribution in [3.05, 3.63) is 12.2 Å². The molecule has 0 aromatic carbocycles. The molecule has 11 heavy (non-hydrogen) atoms. The molecule has 0 saturated heterocycles. The lowest BCUT2D eigenvalue weighted by molar-refractivity contribution is -0.156. The van der Waals surface area contributed by atoms with Crippen molar-refractivity contribution >= 4 is 5.97 Å². The number of aliphatic carboxylic acids is 1. The second kappa shape index (κ2) is 3.41. The summed E-state index contributed by atoms with van der Waals surface area (Å²) in [7, 11) is 0. The van der Waals surface area contributed by atoms with Crippen molar-refractivity contribution in [3.8, 4) is 0 Å². The van der Waals surface area contributed by atoms with Gasteiger partial charge in [-0.25, -0.2) is 4.79 Å². The summed E-state index contributed by atoms with van der Waals surface area (Å²) in [4.78, 5) is 9.78. The highest BCUT2D eigenvalue weighted by Gasteiger charge is 2.33. The number of hydrogen-bond donors (Lipinski definition) is 1. The van der Waals surface area contributed by atoms with Gasteiger partial charge in [-0.1, -0.05) is 13.0 Å².